The van der Waals surface area contributed by atoms with Crippen LogP contribution in [-0.2, 0) is 10.0 Å². The van der Waals surface area contributed by atoms with Gasteiger partial charge in [-0.1, -0.05) is 41.4 Å². The molecule has 1 aromatic heterocycles. The molecular weight excluding hydrogens is 477 g/mol. The van der Waals surface area contributed by atoms with Gasteiger partial charge in [-0.15, -0.1) is 0 Å². The highest BCUT2D eigenvalue weighted by Crippen LogP contribution is 2.29. The van der Waals surface area contributed by atoms with E-state index in [0.717, 1.165) is 33.6 Å². The van der Waals surface area contributed by atoms with Crippen molar-refractivity contribution in [3.63, 3.8) is 0 Å². The first-order chi connectivity index (χ1) is 16.0. The molecule has 4 rings (SSSR count). The maximum absolute atomic E-state index is 13.6. The first-order valence-electron chi connectivity index (χ1n) is 10.5. The molecule has 0 saturated carbocycles. The van der Waals surface area contributed by atoms with Crippen LogP contribution >= 0.6 is 11.6 Å². The number of para-hydroxylation sites is 1. The van der Waals surface area contributed by atoms with Crippen molar-refractivity contribution < 1.29 is 12.8 Å². The molecule has 6 nitrogen and oxygen atoms in total. The summed E-state index contributed by atoms with van der Waals surface area (Å²) < 4.78 is 42.9. The molecule has 0 fully saturated rings. The van der Waals surface area contributed by atoms with Crippen molar-refractivity contribution >= 4 is 32.5 Å². The normalized spacial score (nSPS) is 12.9. The number of halogens is 2. The lowest BCUT2D eigenvalue weighted by atomic mass is 10.1. The van der Waals surface area contributed by atoms with Gasteiger partial charge in [-0.05, 0) is 62.7 Å². The Hall–Kier alpha value is -3.07. The third-order valence-corrected chi connectivity index (χ3v) is 8.10. The van der Waals surface area contributed by atoms with Gasteiger partial charge in [-0.2, -0.15) is 4.31 Å². The molecule has 0 amide bonds. The van der Waals surface area contributed by atoms with E-state index in [0.29, 0.717) is 16.6 Å². The Bertz CT molecular complexity index is 1580. The maximum Gasteiger partial charge on any atom is 0.266 e. The summed E-state index contributed by atoms with van der Waals surface area (Å²) in [6, 6.07) is 15.0. The van der Waals surface area contributed by atoms with Gasteiger partial charge in [-0.3, -0.25) is 9.36 Å². The average molecular weight is 500 g/mol. The molecule has 1 heterocycles. The summed E-state index contributed by atoms with van der Waals surface area (Å²) in [5, 5.41) is 0.132. The second-order valence-corrected chi connectivity index (χ2v) is 10.6. The molecule has 0 aliphatic carbocycles. The van der Waals surface area contributed by atoms with Gasteiger partial charge >= 0.3 is 0 Å². The van der Waals surface area contributed by atoms with E-state index in [2.05, 4.69) is 0 Å². The molecule has 0 aliphatic rings. The van der Waals surface area contributed by atoms with Crippen LogP contribution in [-0.4, -0.2) is 29.3 Å². The van der Waals surface area contributed by atoms with Gasteiger partial charge in [0.15, 0.2) is 0 Å². The summed E-state index contributed by atoms with van der Waals surface area (Å²) in [4.78, 5) is 18.2. The number of fused-ring (bicyclic) bond motifs is 1. The summed E-state index contributed by atoms with van der Waals surface area (Å²) >= 11 is 5.83. The molecule has 0 N–H and O–H groups in total. The largest absolute Gasteiger partial charge is 0.268 e. The Balaban J connectivity index is 1.94. The average Bonchev–Trinajstić information content (AvgIpc) is 2.80. The number of hydrogen-bond donors (Lipinski definition) is 0. The van der Waals surface area contributed by atoms with Crippen LogP contribution in [0.2, 0.25) is 5.02 Å². The van der Waals surface area contributed by atoms with Crippen molar-refractivity contribution in [2.75, 3.05) is 7.05 Å². The van der Waals surface area contributed by atoms with Gasteiger partial charge < -0.3 is 0 Å². The number of hydrogen-bond acceptors (Lipinski definition) is 4. The molecular formula is C25H23ClFN3O3S. The Morgan fingerprint density at radius 2 is 1.76 bits per heavy atom. The fourth-order valence-electron chi connectivity index (χ4n) is 3.89. The Morgan fingerprint density at radius 3 is 2.44 bits per heavy atom. The summed E-state index contributed by atoms with van der Waals surface area (Å²) in [5.74, 6) is -0.453. The quantitative estimate of drug-likeness (QED) is 0.379. The zero-order chi connectivity index (χ0) is 24.8. The number of aromatic nitrogens is 2. The summed E-state index contributed by atoms with van der Waals surface area (Å²) in [6.07, 6.45) is 0. The van der Waals surface area contributed by atoms with Crippen molar-refractivity contribution in [2.45, 2.75) is 31.7 Å². The monoisotopic (exact) mass is 499 g/mol. The van der Waals surface area contributed by atoms with Crippen LogP contribution in [0.5, 0.6) is 0 Å². The zero-order valence-corrected chi connectivity index (χ0v) is 20.7. The van der Waals surface area contributed by atoms with Gasteiger partial charge in [-0.25, -0.2) is 17.8 Å². The second-order valence-electron chi connectivity index (χ2n) is 8.19. The topological polar surface area (TPSA) is 72.3 Å². The molecule has 1 unspecified atom stereocenters. The third kappa shape index (κ3) is 4.13. The number of nitrogens with zero attached hydrogens (tertiary/aromatic N) is 3. The maximum atomic E-state index is 13.6. The molecule has 3 aromatic carbocycles. The van der Waals surface area contributed by atoms with E-state index in [-0.39, 0.29) is 21.3 Å². The van der Waals surface area contributed by atoms with E-state index in [9.17, 15) is 17.6 Å². The standard InChI is InChI=1S/C25H23ClFN3O3S/c1-15-9-12-23(16(2)13-15)30-24(28-22-8-6-5-7-19(22)25(30)31)17(3)29(4)34(32,33)18-10-11-21(27)20(26)14-18/h5-14,17H,1-4H3. The summed E-state index contributed by atoms with van der Waals surface area (Å²) in [7, 11) is -2.69. The van der Waals surface area contributed by atoms with Crippen molar-refractivity contribution in [1.29, 1.82) is 0 Å². The van der Waals surface area contributed by atoms with Crippen molar-refractivity contribution in [2.24, 2.45) is 0 Å². The molecule has 4 aromatic rings. The molecule has 0 bridgehead atoms. The predicted molar refractivity (Wildman–Crippen MR) is 132 cm³/mol. The summed E-state index contributed by atoms with van der Waals surface area (Å²) in [6.45, 7) is 5.49. The van der Waals surface area contributed by atoms with Crippen molar-refractivity contribution in [3.8, 4) is 5.69 Å². The second kappa shape index (κ2) is 8.94. The predicted octanol–water partition coefficient (Wildman–Crippen LogP) is 5.18. The Morgan fingerprint density at radius 1 is 1.06 bits per heavy atom. The van der Waals surface area contributed by atoms with E-state index in [1.54, 1.807) is 31.2 Å². The van der Waals surface area contributed by atoms with E-state index in [4.69, 9.17) is 16.6 Å². The highest BCUT2D eigenvalue weighted by Gasteiger charge is 2.30. The minimum Gasteiger partial charge on any atom is -0.268 e. The van der Waals surface area contributed by atoms with Crippen molar-refractivity contribution in [3.05, 3.63) is 98.8 Å². The molecule has 34 heavy (non-hydrogen) atoms. The van der Waals surface area contributed by atoms with Gasteiger partial charge in [0.1, 0.15) is 11.6 Å². The van der Waals surface area contributed by atoms with Crippen LogP contribution in [0, 0.1) is 19.7 Å². The Labute approximate surface area is 202 Å². The van der Waals surface area contributed by atoms with E-state index in [1.165, 1.54) is 11.6 Å². The minimum absolute atomic E-state index is 0.158. The SMILES string of the molecule is Cc1ccc(-n2c(C(C)N(C)S(=O)(=O)c3ccc(F)c(Cl)c3)nc3ccccc3c2=O)c(C)c1. The van der Waals surface area contributed by atoms with Crippen LogP contribution in [0.25, 0.3) is 16.6 Å². The molecule has 0 aliphatic heterocycles. The molecule has 176 valence electrons. The van der Waals surface area contributed by atoms with E-state index in [1.807, 2.05) is 32.0 Å². The van der Waals surface area contributed by atoms with Gasteiger partial charge in [0.25, 0.3) is 5.56 Å². The van der Waals surface area contributed by atoms with Gasteiger partial charge in [0, 0.05) is 7.05 Å². The number of benzene rings is 3. The molecule has 1 atom stereocenters. The highest BCUT2D eigenvalue weighted by atomic mass is 35.5. The molecule has 9 heteroatoms. The lowest BCUT2D eigenvalue weighted by molar-refractivity contribution is 0.379. The minimum atomic E-state index is -4.08. The van der Waals surface area contributed by atoms with Gasteiger partial charge in [0.05, 0.1) is 32.6 Å². The lowest BCUT2D eigenvalue weighted by Crippen LogP contribution is -2.35. The van der Waals surface area contributed by atoms with E-state index < -0.39 is 21.9 Å². The number of aryl methyl sites for hydroxylation is 2. The van der Waals surface area contributed by atoms with Crippen LogP contribution in [0.4, 0.5) is 4.39 Å². The lowest BCUT2D eigenvalue weighted by Gasteiger charge is -2.27. The van der Waals surface area contributed by atoms with Gasteiger partial charge in [0.2, 0.25) is 10.0 Å². The van der Waals surface area contributed by atoms with Crippen LogP contribution in [0.15, 0.2) is 70.4 Å². The Kier molecular flexibility index (Phi) is 6.33. The van der Waals surface area contributed by atoms with Crippen LogP contribution in [0.1, 0.15) is 29.9 Å². The fraction of sp³-hybridized carbons (Fsp3) is 0.200. The van der Waals surface area contributed by atoms with Crippen molar-refractivity contribution in [1.82, 2.24) is 13.9 Å². The third-order valence-electron chi connectivity index (χ3n) is 5.88. The number of sulfonamides is 1. The molecule has 0 saturated heterocycles. The molecule has 0 spiro atoms. The smallest absolute Gasteiger partial charge is 0.266 e. The fourth-order valence-corrected chi connectivity index (χ4v) is 5.49. The van der Waals surface area contributed by atoms with E-state index >= 15 is 0 Å². The van der Waals surface area contributed by atoms with Crippen LogP contribution in [0.3, 0.4) is 0 Å². The van der Waals surface area contributed by atoms with Crippen LogP contribution < -0.4 is 5.56 Å². The first-order valence-corrected chi connectivity index (χ1v) is 12.4. The highest BCUT2D eigenvalue weighted by molar-refractivity contribution is 7.89. The first kappa shape index (κ1) is 24.1. The molecule has 0 radical (unpaired) electrons. The summed E-state index contributed by atoms with van der Waals surface area (Å²) in [5.41, 5.74) is 2.67. The number of rotatable bonds is 5. The zero-order valence-electron chi connectivity index (χ0n) is 19.1.